The van der Waals surface area contributed by atoms with Gasteiger partial charge in [-0.2, -0.15) is 10.2 Å². The molecule has 164 valence electrons. The summed E-state index contributed by atoms with van der Waals surface area (Å²) < 4.78 is 1.75. The summed E-state index contributed by atoms with van der Waals surface area (Å²) in [4.78, 5) is 24.4. The minimum absolute atomic E-state index is 0.576. The molecule has 7 nitrogen and oxygen atoms in total. The van der Waals surface area contributed by atoms with Crippen LogP contribution in [-0.4, -0.2) is 27.8 Å². The number of carbonyl (C=O) groups excluding carboxylic acids is 2. The molecule has 4 rings (SSSR count). The number of hydrogen-bond donors (Lipinski definition) is 2. The molecule has 3 aromatic carbocycles. The second-order valence-electron chi connectivity index (χ2n) is 7.55. The minimum atomic E-state index is -0.859. The zero-order valence-corrected chi connectivity index (χ0v) is 18.3. The Bertz CT molecular complexity index is 1310. The molecule has 7 heteroatoms. The van der Waals surface area contributed by atoms with Gasteiger partial charge in [0.1, 0.15) is 5.69 Å². The summed E-state index contributed by atoms with van der Waals surface area (Å²) >= 11 is 0. The number of para-hydroxylation sites is 2. The molecule has 0 aliphatic heterocycles. The van der Waals surface area contributed by atoms with Crippen LogP contribution in [0.4, 0.5) is 5.69 Å². The van der Waals surface area contributed by atoms with Gasteiger partial charge >= 0.3 is 11.8 Å². The highest BCUT2D eigenvalue weighted by atomic mass is 16.2. The molecule has 0 radical (unpaired) electrons. The van der Waals surface area contributed by atoms with Crippen molar-refractivity contribution in [2.45, 2.75) is 13.8 Å². The summed E-state index contributed by atoms with van der Waals surface area (Å²) in [6.45, 7) is 3.87. The van der Waals surface area contributed by atoms with Gasteiger partial charge in [0.05, 0.1) is 11.9 Å². The number of hydrogen-bond acceptors (Lipinski definition) is 4. The van der Waals surface area contributed by atoms with Crippen molar-refractivity contribution in [3.8, 4) is 16.9 Å². The quantitative estimate of drug-likeness (QED) is 0.278. The second kappa shape index (κ2) is 9.74. The number of nitrogens with zero attached hydrogens (tertiary/aromatic N) is 3. The topological polar surface area (TPSA) is 88.4 Å². The lowest BCUT2D eigenvalue weighted by Gasteiger charge is -2.06. The van der Waals surface area contributed by atoms with Gasteiger partial charge in [-0.1, -0.05) is 66.2 Å². The molecule has 1 heterocycles. The number of benzene rings is 3. The van der Waals surface area contributed by atoms with E-state index in [9.17, 15) is 9.59 Å². The molecule has 4 aromatic rings. The summed E-state index contributed by atoms with van der Waals surface area (Å²) in [6.07, 6.45) is 3.31. The van der Waals surface area contributed by atoms with Gasteiger partial charge in [-0.25, -0.2) is 10.1 Å². The Morgan fingerprint density at radius 3 is 2.30 bits per heavy atom. The predicted octanol–water partition coefficient (Wildman–Crippen LogP) is 4.24. The number of carbonyl (C=O) groups is 2. The van der Waals surface area contributed by atoms with Crippen LogP contribution in [0.2, 0.25) is 0 Å². The summed E-state index contributed by atoms with van der Waals surface area (Å²) in [5.74, 6) is -1.65. The van der Waals surface area contributed by atoms with Crippen LogP contribution in [0.15, 0.2) is 90.2 Å². The second-order valence-corrected chi connectivity index (χ2v) is 7.55. The Kier molecular flexibility index (Phi) is 6.40. The van der Waals surface area contributed by atoms with Crippen molar-refractivity contribution < 1.29 is 9.59 Å². The normalized spacial score (nSPS) is 10.8. The molecule has 0 aliphatic rings. The van der Waals surface area contributed by atoms with Gasteiger partial charge in [-0.05, 0) is 37.6 Å². The average Bonchev–Trinajstić information content (AvgIpc) is 3.25. The molecule has 2 amide bonds. The van der Waals surface area contributed by atoms with Crippen LogP contribution in [0.1, 0.15) is 16.7 Å². The van der Waals surface area contributed by atoms with Crippen molar-refractivity contribution >= 4 is 23.7 Å². The van der Waals surface area contributed by atoms with Gasteiger partial charge < -0.3 is 5.32 Å². The number of aromatic nitrogens is 2. The molecule has 0 fully saturated rings. The van der Waals surface area contributed by atoms with E-state index in [0.717, 1.165) is 22.4 Å². The van der Waals surface area contributed by atoms with Crippen molar-refractivity contribution in [3.05, 3.63) is 102 Å². The van der Waals surface area contributed by atoms with Crippen molar-refractivity contribution in [1.82, 2.24) is 15.2 Å². The molecule has 0 spiro atoms. The number of hydrazone groups is 1. The van der Waals surface area contributed by atoms with Crippen LogP contribution in [0.5, 0.6) is 0 Å². The van der Waals surface area contributed by atoms with E-state index in [0.29, 0.717) is 16.9 Å². The molecule has 0 saturated carbocycles. The van der Waals surface area contributed by atoms with E-state index in [4.69, 9.17) is 5.10 Å². The molecule has 0 saturated heterocycles. The fourth-order valence-corrected chi connectivity index (χ4v) is 3.23. The molecular weight excluding hydrogens is 414 g/mol. The van der Waals surface area contributed by atoms with Crippen LogP contribution >= 0.6 is 0 Å². The predicted molar refractivity (Wildman–Crippen MR) is 129 cm³/mol. The molecule has 1 aromatic heterocycles. The minimum Gasteiger partial charge on any atom is -0.317 e. The Balaban J connectivity index is 1.54. The first kappa shape index (κ1) is 21.7. The standard InChI is InChI=1S/C26H23N5O2/c1-18-12-14-20(15-13-18)24-21(17-31(30-24)22-9-4-3-5-10-22)16-27-29-26(33)25(32)28-23-11-7-6-8-19(23)2/h3-17H,1-2H3,(H,28,32)(H,29,33)/b27-16+. The number of anilines is 1. The van der Waals surface area contributed by atoms with Gasteiger partial charge in [0.25, 0.3) is 0 Å². The van der Waals surface area contributed by atoms with E-state index in [1.54, 1.807) is 16.8 Å². The maximum atomic E-state index is 12.2. The summed E-state index contributed by atoms with van der Waals surface area (Å²) in [7, 11) is 0. The molecular formula is C26H23N5O2. The maximum Gasteiger partial charge on any atom is 0.329 e. The van der Waals surface area contributed by atoms with Crippen molar-refractivity contribution in [2.24, 2.45) is 5.10 Å². The molecule has 0 bridgehead atoms. The van der Waals surface area contributed by atoms with Gasteiger partial charge in [0, 0.05) is 23.0 Å². The van der Waals surface area contributed by atoms with E-state index >= 15 is 0 Å². The van der Waals surface area contributed by atoms with Crippen molar-refractivity contribution in [2.75, 3.05) is 5.32 Å². The Morgan fingerprint density at radius 1 is 0.879 bits per heavy atom. The fourth-order valence-electron chi connectivity index (χ4n) is 3.23. The van der Waals surface area contributed by atoms with E-state index in [1.165, 1.54) is 6.21 Å². The van der Waals surface area contributed by atoms with Gasteiger partial charge in [-0.3, -0.25) is 9.59 Å². The Hall–Kier alpha value is -4.52. The van der Waals surface area contributed by atoms with Gasteiger partial charge in [0.15, 0.2) is 0 Å². The van der Waals surface area contributed by atoms with Crippen LogP contribution in [-0.2, 0) is 9.59 Å². The van der Waals surface area contributed by atoms with E-state index in [1.807, 2.05) is 86.8 Å². The van der Waals surface area contributed by atoms with Crippen LogP contribution in [0.25, 0.3) is 16.9 Å². The first-order valence-electron chi connectivity index (χ1n) is 10.4. The molecule has 33 heavy (non-hydrogen) atoms. The van der Waals surface area contributed by atoms with E-state index in [-0.39, 0.29) is 0 Å². The van der Waals surface area contributed by atoms with Gasteiger partial charge in [-0.15, -0.1) is 0 Å². The zero-order chi connectivity index (χ0) is 23.2. The van der Waals surface area contributed by atoms with E-state index in [2.05, 4.69) is 15.8 Å². The van der Waals surface area contributed by atoms with Crippen molar-refractivity contribution in [3.63, 3.8) is 0 Å². The highest BCUT2D eigenvalue weighted by Gasteiger charge is 2.15. The first-order chi connectivity index (χ1) is 16.0. The SMILES string of the molecule is Cc1ccc(-c2nn(-c3ccccc3)cc2/C=N/NC(=O)C(=O)Nc2ccccc2C)cc1. The third-order valence-corrected chi connectivity index (χ3v) is 5.06. The number of aryl methyl sites for hydroxylation is 2. The smallest absolute Gasteiger partial charge is 0.317 e. The number of nitrogens with one attached hydrogen (secondary N) is 2. The Labute approximate surface area is 191 Å². The fraction of sp³-hybridized carbons (Fsp3) is 0.0769. The van der Waals surface area contributed by atoms with Gasteiger partial charge in [0.2, 0.25) is 0 Å². The summed E-state index contributed by atoms with van der Waals surface area (Å²) in [5.41, 5.74) is 8.09. The number of rotatable bonds is 5. The molecule has 0 unspecified atom stereocenters. The largest absolute Gasteiger partial charge is 0.329 e. The first-order valence-corrected chi connectivity index (χ1v) is 10.4. The number of amides is 2. The highest BCUT2D eigenvalue weighted by Crippen LogP contribution is 2.23. The summed E-state index contributed by atoms with van der Waals surface area (Å²) in [5, 5.41) is 11.3. The molecule has 2 N–H and O–H groups in total. The monoisotopic (exact) mass is 437 g/mol. The highest BCUT2D eigenvalue weighted by molar-refractivity contribution is 6.39. The molecule has 0 aliphatic carbocycles. The lowest BCUT2D eigenvalue weighted by atomic mass is 10.1. The lowest BCUT2D eigenvalue weighted by molar-refractivity contribution is -0.136. The average molecular weight is 438 g/mol. The van der Waals surface area contributed by atoms with Crippen LogP contribution in [0.3, 0.4) is 0 Å². The lowest BCUT2D eigenvalue weighted by Crippen LogP contribution is -2.32. The van der Waals surface area contributed by atoms with Crippen LogP contribution < -0.4 is 10.7 Å². The Morgan fingerprint density at radius 2 is 1.58 bits per heavy atom. The van der Waals surface area contributed by atoms with E-state index < -0.39 is 11.8 Å². The third kappa shape index (κ3) is 5.22. The van der Waals surface area contributed by atoms with Crippen molar-refractivity contribution in [1.29, 1.82) is 0 Å². The third-order valence-electron chi connectivity index (χ3n) is 5.06. The summed E-state index contributed by atoms with van der Waals surface area (Å²) in [6, 6.07) is 24.9. The zero-order valence-electron chi connectivity index (χ0n) is 18.3. The van der Waals surface area contributed by atoms with Crippen LogP contribution in [0, 0.1) is 13.8 Å². The molecule has 0 atom stereocenters. The maximum absolute atomic E-state index is 12.2.